The molecule has 96 valence electrons. The van der Waals surface area contributed by atoms with Crippen molar-refractivity contribution < 1.29 is 9.53 Å². The van der Waals surface area contributed by atoms with Crippen molar-refractivity contribution in [3.05, 3.63) is 23.8 Å². The predicted molar refractivity (Wildman–Crippen MR) is 72.4 cm³/mol. The zero-order chi connectivity index (χ0) is 13.5. The first-order valence-electron chi connectivity index (χ1n) is 5.80. The minimum Gasteiger partial charge on any atom is -0.494 e. The summed E-state index contributed by atoms with van der Waals surface area (Å²) in [7, 11) is 1.49. The molecule has 0 atom stereocenters. The fourth-order valence-corrected chi connectivity index (χ4v) is 1.75. The average molecular weight is 246 g/mol. The van der Waals surface area contributed by atoms with E-state index in [0.717, 1.165) is 6.42 Å². The van der Waals surface area contributed by atoms with Crippen LogP contribution in [0.5, 0.6) is 5.75 Å². The Morgan fingerprint density at radius 2 is 2.28 bits per heavy atom. The lowest BCUT2D eigenvalue weighted by Crippen LogP contribution is -2.32. The second-order valence-electron chi connectivity index (χ2n) is 3.86. The molecule has 0 aliphatic heterocycles. The van der Waals surface area contributed by atoms with Crippen LogP contribution in [0.4, 0.5) is 5.69 Å². The third kappa shape index (κ3) is 2.95. The first-order valence-corrected chi connectivity index (χ1v) is 5.80. The van der Waals surface area contributed by atoms with Crippen LogP contribution < -0.4 is 10.5 Å². The maximum absolute atomic E-state index is 12.4. The molecule has 0 spiro atoms. The van der Waals surface area contributed by atoms with Crippen LogP contribution in [-0.2, 0) is 0 Å². The normalized spacial score (nSPS) is 9.61. The van der Waals surface area contributed by atoms with E-state index >= 15 is 0 Å². The van der Waals surface area contributed by atoms with Crippen molar-refractivity contribution in [1.29, 1.82) is 0 Å². The molecule has 0 unspecified atom stereocenters. The molecule has 0 fully saturated rings. The third-order valence-corrected chi connectivity index (χ3v) is 2.54. The number of rotatable bonds is 5. The van der Waals surface area contributed by atoms with Crippen LogP contribution in [0.25, 0.3) is 0 Å². The number of hydrogen-bond donors (Lipinski definition) is 1. The van der Waals surface area contributed by atoms with Crippen molar-refractivity contribution in [3.8, 4) is 18.1 Å². The molecule has 1 aromatic rings. The largest absolute Gasteiger partial charge is 0.494 e. The number of para-hydroxylation sites is 1. The Morgan fingerprint density at radius 1 is 1.56 bits per heavy atom. The van der Waals surface area contributed by atoms with Crippen molar-refractivity contribution in [2.45, 2.75) is 13.3 Å². The fraction of sp³-hybridized carbons (Fsp3) is 0.357. The van der Waals surface area contributed by atoms with Gasteiger partial charge >= 0.3 is 0 Å². The van der Waals surface area contributed by atoms with Gasteiger partial charge in [0.15, 0.2) is 5.75 Å². The number of carbonyl (C=O) groups is 1. The summed E-state index contributed by atoms with van der Waals surface area (Å²) < 4.78 is 5.18. The second kappa shape index (κ2) is 6.55. The number of methoxy groups -OCH3 is 1. The number of terminal acetylenes is 1. The topological polar surface area (TPSA) is 55.6 Å². The highest BCUT2D eigenvalue weighted by Gasteiger charge is 2.19. The van der Waals surface area contributed by atoms with E-state index in [2.05, 4.69) is 5.92 Å². The highest BCUT2D eigenvalue weighted by molar-refractivity contribution is 5.98. The lowest BCUT2D eigenvalue weighted by Gasteiger charge is -2.21. The van der Waals surface area contributed by atoms with Crippen LogP contribution in [-0.4, -0.2) is 31.0 Å². The Labute approximate surface area is 108 Å². The maximum Gasteiger partial charge on any atom is 0.258 e. The molecule has 1 rings (SSSR count). The number of nitrogen functional groups attached to an aromatic ring is 1. The number of nitrogens with two attached hydrogens (primary N) is 1. The molecule has 2 N–H and O–H groups in total. The van der Waals surface area contributed by atoms with Crippen molar-refractivity contribution >= 4 is 11.6 Å². The van der Waals surface area contributed by atoms with Crippen LogP contribution in [0.15, 0.2) is 18.2 Å². The summed E-state index contributed by atoms with van der Waals surface area (Å²) in [6, 6.07) is 5.11. The van der Waals surface area contributed by atoms with Gasteiger partial charge in [-0.05, 0) is 18.6 Å². The summed E-state index contributed by atoms with van der Waals surface area (Å²) in [6.45, 7) is 2.89. The van der Waals surface area contributed by atoms with Crippen LogP contribution in [0, 0.1) is 12.3 Å². The summed E-state index contributed by atoms with van der Waals surface area (Å²) >= 11 is 0. The first kappa shape index (κ1) is 13.9. The predicted octanol–water partition coefficient (Wildman–Crippen LogP) is 1.76. The number of benzene rings is 1. The minimum atomic E-state index is -0.154. The minimum absolute atomic E-state index is 0.154. The van der Waals surface area contributed by atoms with Crippen LogP contribution in [0.1, 0.15) is 23.7 Å². The highest BCUT2D eigenvalue weighted by Crippen LogP contribution is 2.26. The SMILES string of the molecule is C#CCN(CCC)C(=O)c1cccc(N)c1OC. The van der Waals surface area contributed by atoms with Crippen LogP contribution in [0.2, 0.25) is 0 Å². The van der Waals surface area contributed by atoms with E-state index in [9.17, 15) is 4.79 Å². The Kier molecular flexibility index (Phi) is 5.06. The summed E-state index contributed by atoms with van der Waals surface area (Å²) in [5.74, 6) is 2.74. The fourth-order valence-electron chi connectivity index (χ4n) is 1.75. The highest BCUT2D eigenvalue weighted by atomic mass is 16.5. The number of nitrogens with zero attached hydrogens (tertiary/aromatic N) is 1. The van der Waals surface area contributed by atoms with Gasteiger partial charge in [-0.1, -0.05) is 18.9 Å². The smallest absolute Gasteiger partial charge is 0.258 e. The van der Waals surface area contributed by atoms with Crippen molar-refractivity contribution in [1.82, 2.24) is 4.90 Å². The summed E-state index contributed by atoms with van der Waals surface area (Å²) in [6.07, 6.45) is 6.12. The number of amides is 1. The molecular formula is C14H18N2O2. The summed E-state index contributed by atoms with van der Waals surface area (Å²) in [4.78, 5) is 14.0. The molecule has 4 heteroatoms. The quantitative estimate of drug-likeness (QED) is 0.636. The third-order valence-electron chi connectivity index (χ3n) is 2.54. The van der Waals surface area contributed by atoms with Gasteiger partial charge in [0.05, 0.1) is 24.9 Å². The Balaban J connectivity index is 3.08. The summed E-state index contributed by atoms with van der Waals surface area (Å²) in [5, 5.41) is 0. The standard InChI is InChI=1S/C14H18N2O2/c1-4-9-16(10-5-2)14(17)11-7-6-8-12(15)13(11)18-3/h1,6-8H,5,9-10,15H2,2-3H3. The lowest BCUT2D eigenvalue weighted by atomic mass is 10.1. The van der Waals surface area contributed by atoms with E-state index in [1.54, 1.807) is 23.1 Å². The van der Waals surface area contributed by atoms with Crippen LogP contribution >= 0.6 is 0 Å². The van der Waals surface area contributed by atoms with Crippen LogP contribution in [0.3, 0.4) is 0 Å². The second-order valence-corrected chi connectivity index (χ2v) is 3.86. The molecule has 18 heavy (non-hydrogen) atoms. The van der Waals surface area contributed by atoms with Gasteiger partial charge in [0.2, 0.25) is 0 Å². The molecule has 0 aliphatic carbocycles. The number of anilines is 1. The van der Waals surface area contributed by atoms with Gasteiger partial charge in [-0.15, -0.1) is 6.42 Å². The molecule has 0 radical (unpaired) electrons. The lowest BCUT2D eigenvalue weighted by molar-refractivity contribution is 0.0773. The van der Waals surface area contributed by atoms with Gasteiger partial charge in [0.1, 0.15) is 0 Å². The number of ether oxygens (including phenoxy) is 1. The van der Waals surface area contributed by atoms with E-state index in [0.29, 0.717) is 23.5 Å². The molecule has 1 amide bonds. The van der Waals surface area contributed by atoms with E-state index < -0.39 is 0 Å². The molecule has 1 aromatic carbocycles. The molecule has 0 aromatic heterocycles. The zero-order valence-electron chi connectivity index (χ0n) is 10.8. The van der Waals surface area contributed by atoms with Gasteiger partial charge in [-0.25, -0.2) is 0 Å². The van der Waals surface area contributed by atoms with Crippen molar-refractivity contribution in [2.24, 2.45) is 0 Å². The van der Waals surface area contributed by atoms with Crippen molar-refractivity contribution in [2.75, 3.05) is 25.9 Å². The maximum atomic E-state index is 12.4. The van der Waals surface area contributed by atoms with Gasteiger partial charge in [-0.3, -0.25) is 4.79 Å². The van der Waals surface area contributed by atoms with E-state index in [4.69, 9.17) is 16.9 Å². The summed E-state index contributed by atoms with van der Waals surface area (Å²) in [5.41, 5.74) is 6.67. The molecule has 0 bridgehead atoms. The van der Waals surface area contributed by atoms with E-state index in [1.165, 1.54) is 7.11 Å². The van der Waals surface area contributed by atoms with Gasteiger partial charge < -0.3 is 15.4 Å². The molecule has 0 saturated heterocycles. The van der Waals surface area contributed by atoms with Gasteiger partial charge in [0, 0.05) is 6.54 Å². The first-order chi connectivity index (χ1) is 8.65. The van der Waals surface area contributed by atoms with Crippen molar-refractivity contribution in [3.63, 3.8) is 0 Å². The van der Waals surface area contributed by atoms with E-state index in [-0.39, 0.29) is 12.5 Å². The number of hydrogen-bond acceptors (Lipinski definition) is 3. The Morgan fingerprint density at radius 3 is 2.83 bits per heavy atom. The Bertz CT molecular complexity index is 463. The average Bonchev–Trinajstić information content (AvgIpc) is 2.37. The van der Waals surface area contributed by atoms with Gasteiger partial charge in [-0.2, -0.15) is 0 Å². The molecular weight excluding hydrogens is 228 g/mol. The molecule has 0 heterocycles. The van der Waals surface area contributed by atoms with E-state index in [1.807, 2.05) is 6.92 Å². The van der Waals surface area contributed by atoms with Gasteiger partial charge in [0.25, 0.3) is 5.91 Å². The number of carbonyl (C=O) groups excluding carboxylic acids is 1. The Hall–Kier alpha value is -2.15. The molecule has 0 aliphatic rings. The molecule has 4 nitrogen and oxygen atoms in total. The zero-order valence-corrected chi connectivity index (χ0v) is 10.8. The molecule has 0 saturated carbocycles. The monoisotopic (exact) mass is 246 g/mol.